The molecular weight excluding hydrogens is 224 g/mol. The molecule has 2 heterocycles. The minimum absolute atomic E-state index is 0.171. The first kappa shape index (κ1) is 9.41. The minimum Gasteiger partial charge on any atom is -0.385 e. The summed E-state index contributed by atoms with van der Waals surface area (Å²) in [6, 6.07) is 7.22. The van der Waals surface area contributed by atoms with Crippen LogP contribution in [0.1, 0.15) is 0 Å². The fraction of sp³-hybridized carbons (Fsp3) is 0.100. The highest BCUT2D eigenvalue weighted by Gasteiger charge is 2.15. The second-order valence-corrected chi connectivity index (χ2v) is 4.35. The molecule has 0 fully saturated rings. The van der Waals surface area contributed by atoms with Gasteiger partial charge >= 0.3 is 0 Å². The second-order valence-electron chi connectivity index (χ2n) is 3.41. The number of fused-ring (bicyclic) bond motifs is 2. The Bertz CT molecular complexity index is 661. The maximum atomic E-state index is 12.1. The molecule has 1 aliphatic rings. The van der Waals surface area contributed by atoms with Crippen LogP contribution in [0.2, 0.25) is 0 Å². The molecule has 0 radical (unpaired) electrons. The van der Waals surface area contributed by atoms with Crippen molar-refractivity contribution in [2.45, 2.75) is 5.16 Å². The van der Waals surface area contributed by atoms with E-state index >= 15 is 0 Å². The summed E-state index contributed by atoms with van der Waals surface area (Å²) in [4.78, 5) is 16.4. The first-order chi connectivity index (χ1) is 7.75. The third-order valence-electron chi connectivity index (χ3n) is 2.30. The molecule has 6 heteroatoms. The van der Waals surface area contributed by atoms with Crippen molar-refractivity contribution in [1.82, 2.24) is 9.66 Å². The monoisotopic (exact) mass is 232 g/mol. The van der Waals surface area contributed by atoms with Crippen molar-refractivity contribution in [2.24, 2.45) is 10.8 Å². The van der Waals surface area contributed by atoms with E-state index in [0.717, 1.165) is 0 Å². The van der Waals surface area contributed by atoms with E-state index in [-0.39, 0.29) is 5.56 Å². The molecule has 1 aliphatic heterocycles. The molecule has 0 spiro atoms. The lowest BCUT2D eigenvalue weighted by Gasteiger charge is -2.13. The van der Waals surface area contributed by atoms with E-state index < -0.39 is 0 Å². The number of nitrogens with zero attached hydrogens (tertiary/aromatic N) is 3. The van der Waals surface area contributed by atoms with Gasteiger partial charge in [0.25, 0.3) is 5.56 Å². The molecular formula is C10H8N4OS. The highest BCUT2D eigenvalue weighted by atomic mass is 32.2. The van der Waals surface area contributed by atoms with Crippen molar-refractivity contribution in [3.63, 3.8) is 0 Å². The van der Waals surface area contributed by atoms with Crippen molar-refractivity contribution in [3.05, 3.63) is 34.6 Å². The summed E-state index contributed by atoms with van der Waals surface area (Å²) in [5, 5.41) is 5.17. The zero-order valence-electron chi connectivity index (χ0n) is 8.25. The number of nitrogens with two attached hydrogens (primary N) is 1. The number of aromatic nitrogens is 2. The number of rotatable bonds is 0. The van der Waals surface area contributed by atoms with Crippen LogP contribution in [0, 0.1) is 0 Å². The van der Waals surface area contributed by atoms with E-state index in [1.54, 1.807) is 12.1 Å². The fourth-order valence-electron chi connectivity index (χ4n) is 1.58. The van der Waals surface area contributed by atoms with Gasteiger partial charge in [0, 0.05) is 0 Å². The van der Waals surface area contributed by atoms with E-state index in [9.17, 15) is 4.79 Å². The van der Waals surface area contributed by atoms with Gasteiger partial charge in [-0.2, -0.15) is 4.68 Å². The van der Waals surface area contributed by atoms with Crippen LogP contribution in [0.25, 0.3) is 10.9 Å². The molecule has 1 aromatic heterocycles. The highest BCUT2D eigenvalue weighted by Crippen LogP contribution is 2.19. The topological polar surface area (TPSA) is 73.3 Å². The van der Waals surface area contributed by atoms with Crippen LogP contribution < -0.4 is 11.3 Å². The first-order valence-corrected chi connectivity index (χ1v) is 5.72. The molecule has 2 N–H and O–H groups in total. The number of thioether (sulfide) groups is 1. The number of hydrogen-bond acceptors (Lipinski definition) is 5. The Morgan fingerprint density at radius 3 is 3.06 bits per heavy atom. The molecule has 0 bridgehead atoms. The Morgan fingerprint density at radius 1 is 1.38 bits per heavy atom. The molecule has 80 valence electrons. The lowest BCUT2D eigenvalue weighted by Crippen LogP contribution is -2.28. The normalized spacial score (nSPS) is 14.6. The smallest absolute Gasteiger partial charge is 0.282 e. The van der Waals surface area contributed by atoms with Gasteiger partial charge in [-0.25, -0.2) is 4.98 Å². The predicted octanol–water partition coefficient (Wildman–Crippen LogP) is 0.622. The summed E-state index contributed by atoms with van der Waals surface area (Å²) in [5.41, 5.74) is 6.13. The molecule has 0 unspecified atom stereocenters. The number of para-hydroxylation sites is 1. The molecule has 1 aromatic carbocycles. The standard InChI is InChI=1S/C10H8N4OS/c11-8-5-16-10-12-7-4-2-1-3-6(7)9(15)14(10)13-8/h1-4H,5H2,(H2,11,13). The van der Waals surface area contributed by atoms with Gasteiger partial charge in [0.1, 0.15) is 5.84 Å². The summed E-state index contributed by atoms with van der Waals surface area (Å²) in [6.45, 7) is 0. The van der Waals surface area contributed by atoms with E-state index in [2.05, 4.69) is 10.1 Å². The van der Waals surface area contributed by atoms with Crippen molar-refractivity contribution < 1.29 is 0 Å². The summed E-state index contributed by atoms with van der Waals surface area (Å²) < 4.78 is 1.27. The maximum Gasteiger partial charge on any atom is 0.282 e. The van der Waals surface area contributed by atoms with Crippen molar-refractivity contribution >= 4 is 28.5 Å². The Hall–Kier alpha value is -1.82. The zero-order chi connectivity index (χ0) is 11.1. The molecule has 5 nitrogen and oxygen atoms in total. The summed E-state index contributed by atoms with van der Waals surface area (Å²) in [5.74, 6) is 1.02. The Labute approximate surface area is 95.0 Å². The van der Waals surface area contributed by atoms with Gasteiger partial charge in [-0.3, -0.25) is 4.79 Å². The Balaban J connectivity index is 2.44. The predicted molar refractivity (Wildman–Crippen MR) is 63.7 cm³/mol. The van der Waals surface area contributed by atoms with E-state index in [1.807, 2.05) is 12.1 Å². The van der Waals surface area contributed by atoms with Crippen LogP contribution in [0.15, 0.2) is 39.3 Å². The van der Waals surface area contributed by atoms with Gasteiger partial charge in [0.05, 0.1) is 16.7 Å². The molecule has 0 aliphatic carbocycles. The number of benzene rings is 1. The maximum absolute atomic E-state index is 12.1. The average molecular weight is 232 g/mol. The molecule has 0 atom stereocenters. The summed E-state index contributed by atoms with van der Waals surface area (Å²) in [6.07, 6.45) is 0. The molecule has 16 heavy (non-hydrogen) atoms. The van der Waals surface area contributed by atoms with E-state index in [4.69, 9.17) is 5.73 Å². The molecule has 0 saturated heterocycles. The quantitative estimate of drug-likeness (QED) is 0.676. The van der Waals surface area contributed by atoms with Crippen LogP contribution in [-0.2, 0) is 0 Å². The summed E-state index contributed by atoms with van der Waals surface area (Å²) in [7, 11) is 0. The van der Waals surface area contributed by atoms with Crippen LogP contribution >= 0.6 is 11.8 Å². The van der Waals surface area contributed by atoms with Crippen LogP contribution in [-0.4, -0.2) is 21.2 Å². The third-order valence-corrected chi connectivity index (χ3v) is 3.26. The van der Waals surface area contributed by atoms with Crippen molar-refractivity contribution in [1.29, 1.82) is 0 Å². The second kappa shape index (κ2) is 3.34. The number of amidine groups is 1. The first-order valence-electron chi connectivity index (χ1n) is 4.73. The van der Waals surface area contributed by atoms with Crippen LogP contribution in [0.3, 0.4) is 0 Å². The van der Waals surface area contributed by atoms with Crippen molar-refractivity contribution in [3.8, 4) is 0 Å². The van der Waals surface area contributed by atoms with E-state index in [0.29, 0.717) is 27.6 Å². The Kier molecular flexibility index (Phi) is 1.97. The molecule has 3 rings (SSSR count). The molecule has 0 saturated carbocycles. The van der Waals surface area contributed by atoms with Crippen LogP contribution in [0.4, 0.5) is 0 Å². The van der Waals surface area contributed by atoms with Gasteiger partial charge in [-0.1, -0.05) is 23.9 Å². The van der Waals surface area contributed by atoms with Gasteiger partial charge < -0.3 is 5.73 Å². The Morgan fingerprint density at radius 2 is 2.19 bits per heavy atom. The SMILES string of the molecule is NC1=Nn2c(nc3ccccc3c2=O)SC1. The lowest BCUT2D eigenvalue weighted by atomic mass is 10.2. The molecule has 2 aromatic rings. The van der Waals surface area contributed by atoms with Crippen molar-refractivity contribution in [2.75, 3.05) is 5.75 Å². The number of hydrogen-bond donors (Lipinski definition) is 1. The van der Waals surface area contributed by atoms with Gasteiger partial charge in [-0.15, -0.1) is 5.10 Å². The zero-order valence-corrected chi connectivity index (χ0v) is 9.07. The van der Waals surface area contributed by atoms with Gasteiger partial charge in [0.2, 0.25) is 0 Å². The highest BCUT2D eigenvalue weighted by molar-refractivity contribution is 7.99. The van der Waals surface area contributed by atoms with Crippen LogP contribution in [0.5, 0.6) is 0 Å². The van der Waals surface area contributed by atoms with Gasteiger partial charge in [0.15, 0.2) is 5.16 Å². The fourth-order valence-corrected chi connectivity index (χ4v) is 2.32. The average Bonchev–Trinajstić information content (AvgIpc) is 2.31. The van der Waals surface area contributed by atoms with Gasteiger partial charge in [-0.05, 0) is 12.1 Å². The minimum atomic E-state index is -0.171. The third kappa shape index (κ3) is 1.30. The summed E-state index contributed by atoms with van der Waals surface area (Å²) >= 11 is 1.42. The van der Waals surface area contributed by atoms with E-state index in [1.165, 1.54) is 16.4 Å². The largest absolute Gasteiger partial charge is 0.385 e. The lowest BCUT2D eigenvalue weighted by molar-refractivity contribution is 0.697. The molecule has 0 amide bonds.